The van der Waals surface area contributed by atoms with Gasteiger partial charge in [-0.1, -0.05) is 24.6 Å². The van der Waals surface area contributed by atoms with E-state index < -0.39 is 0 Å². The SMILES string of the molecule is CC(CC#N)C(=O)c1ccc(Br)c(Cl)c1. The Kier molecular flexibility index (Phi) is 4.31. The van der Waals surface area contributed by atoms with Gasteiger partial charge in [-0.05, 0) is 28.1 Å². The summed E-state index contributed by atoms with van der Waals surface area (Å²) in [6, 6.07) is 7.03. The monoisotopic (exact) mass is 285 g/mol. The van der Waals surface area contributed by atoms with E-state index >= 15 is 0 Å². The second-order valence-corrected chi connectivity index (χ2v) is 4.52. The Morgan fingerprint density at radius 1 is 1.67 bits per heavy atom. The molecule has 1 atom stereocenters. The Morgan fingerprint density at radius 3 is 2.87 bits per heavy atom. The minimum absolute atomic E-state index is 0.0500. The first-order valence-corrected chi connectivity index (χ1v) is 5.59. The van der Waals surface area contributed by atoms with Gasteiger partial charge in [0.05, 0.1) is 11.1 Å². The third kappa shape index (κ3) is 3.05. The van der Waals surface area contributed by atoms with Crippen molar-refractivity contribution in [3.63, 3.8) is 0 Å². The molecule has 0 N–H and O–H groups in total. The topological polar surface area (TPSA) is 40.9 Å². The van der Waals surface area contributed by atoms with E-state index in [1.165, 1.54) is 0 Å². The average Bonchev–Trinajstić information content (AvgIpc) is 2.21. The van der Waals surface area contributed by atoms with Crippen LogP contribution in [0, 0.1) is 17.2 Å². The summed E-state index contributed by atoms with van der Waals surface area (Å²) < 4.78 is 0.758. The van der Waals surface area contributed by atoms with E-state index in [0.717, 1.165) is 4.47 Å². The molecule has 0 bridgehead atoms. The fourth-order valence-electron chi connectivity index (χ4n) is 1.16. The molecule has 0 radical (unpaired) electrons. The first-order valence-electron chi connectivity index (χ1n) is 4.42. The number of carbonyl (C=O) groups is 1. The highest BCUT2D eigenvalue weighted by Crippen LogP contribution is 2.24. The van der Waals surface area contributed by atoms with E-state index in [2.05, 4.69) is 15.9 Å². The molecule has 0 spiro atoms. The summed E-state index contributed by atoms with van der Waals surface area (Å²) in [4.78, 5) is 11.8. The predicted octanol–water partition coefficient (Wildman–Crippen LogP) is 3.83. The molecule has 0 aliphatic rings. The van der Waals surface area contributed by atoms with Crippen molar-refractivity contribution in [1.29, 1.82) is 5.26 Å². The molecule has 0 fully saturated rings. The molecular formula is C11H9BrClNO. The molecule has 0 amide bonds. The standard InChI is InChI=1S/C11H9BrClNO/c1-7(4-5-14)11(15)8-2-3-9(12)10(13)6-8/h2-3,6-7H,4H2,1H3. The molecule has 15 heavy (non-hydrogen) atoms. The molecule has 1 unspecified atom stereocenters. The highest BCUT2D eigenvalue weighted by Gasteiger charge is 2.15. The number of Topliss-reactive ketones (excluding diaryl/α,β-unsaturated/α-hetero) is 1. The normalized spacial score (nSPS) is 11.9. The fraction of sp³-hybridized carbons (Fsp3) is 0.273. The zero-order valence-corrected chi connectivity index (χ0v) is 10.5. The van der Waals surface area contributed by atoms with Gasteiger partial charge in [0.25, 0.3) is 0 Å². The number of hydrogen-bond acceptors (Lipinski definition) is 2. The maximum Gasteiger partial charge on any atom is 0.166 e. The zero-order valence-electron chi connectivity index (χ0n) is 8.13. The Labute approximate surface area is 102 Å². The molecule has 0 aromatic heterocycles. The Morgan fingerprint density at radius 2 is 2.33 bits per heavy atom. The molecule has 0 aliphatic carbocycles. The van der Waals surface area contributed by atoms with Crippen LogP contribution in [0.25, 0.3) is 0 Å². The van der Waals surface area contributed by atoms with Gasteiger partial charge in [-0.2, -0.15) is 5.26 Å². The van der Waals surface area contributed by atoms with Crippen molar-refractivity contribution < 1.29 is 4.79 Å². The van der Waals surface area contributed by atoms with Gasteiger partial charge in [-0.15, -0.1) is 0 Å². The van der Waals surface area contributed by atoms with E-state index in [1.807, 2.05) is 6.07 Å². The van der Waals surface area contributed by atoms with Crippen LogP contribution in [-0.4, -0.2) is 5.78 Å². The van der Waals surface area contributed by atoms with Crippen molar-refractivity contribution in [2.45, 2.75) is 13.3 Å². The van der Waals surface area contributed by atoms with Crippen LogP contribution >= 0.6 is 27.5 Å². The molecule has 2 nitrogen and oxygen atoms in total. The van der Waals surface area contributed by atoms with Gasteiger partial charge in [0, 0.05) is 22.4 Å². The maximum atomic E-state index is 11.8. The zero-order chi connectivity index (χ0) is 11.4. The summed E-state index contributed by atoms with van der Waals surface area (Å²) in [5, 5.41) is 9.00. The first-order chi connectivity index (χ1) is 7.06. The van der Waals surface area contributed by atoms with Crippen molar-refractivity contribution in [3.8, 4) is 6.07 Å². The first kappa shape index (κ1) is 12.2. The lowest BCUT2D eigenvalue weighted by Gasteiger charge is -2.06. The molecule has 0 saturated carbocycles. The molecule has 0 aliphatic heterocycles. The second-order valence-electron chi connectivity index (χ2n) is 3.26. The van der Waals surface area contributed by atoms with Crippen LogP contribution in [0.2, 0.25) is 5.02 Å². The van der Waals surface area contributed by atoms with Crippen LogP contribution in [-0.2, 0) is 0 Å². The number of nitrogens with zero attached hydrogens (tertiary/aromatic N) is 1. The smallest absolute Gasteiger partial charge is 0.166 e. The summed E-state index contributed by atoms with van der Waals surface area (Å²) in [7, 11) is 0. The largest absolute Gasteiger partial charge is 0.294 e. The van der Waals surface area contributed by atoms with Gasteiger partial charge in [-0.3, -0.25) is 4.79 Å². The fourth-order valence-corrected chi connectivity index (χ4v) is 1.59. The number of benzene rings is 1. The van der Waals surface area contributed by atoms with Gasteiger partial charge >= 0.3 is 0 Å². The maximum absolute atomic E-state index is 11.8. The van der Waals surface area contributed by atoms with Crippen LogP contribution in [0.1, 0.15) is 23.7 Å². The Balaban J connectivity index is 2.93. The number of hydrogen-bond donors (Lipinski definition) is 0. The highest BCUT2D eigenvalue weighted by molar-refractivity contribution is 9.10. The molecule has 1 aromatic rings. The summed E-state index contributed by atoms with van der Waals surface area (Å²) in [6.07, 6.45) is 0.229. The lowest BCUT2D eigenvalue weighted by molar-refractivity contribution is 0.0932. The van der Waals surface area contributed by atoms with Crippen LogP contribution in [0.15, 0.2) is 22.7 Å². The molecule has 1 aromatic carbocycles. The quantitative estimate of drug-likeness (QED) is 0.792. The van der Waals surface area contributed by atoms with Crippen LogP contribution in [0.3, 0.4) is 0 Å². The average molecular weight is 287 g/mol. The number of carbonyl (C=O) groups excluding carboxylic acids is 1. The van der Waals surface area contributed by atoms with Crippen molar-refractivity contribution in [2.24, 2.45) is 5.92 Å². The van der Waals surface area contributed by atoms with E-state index in [-0.39, 0.29) is 18.1 Å². The lowest BCUT2D eigenvalue weighted by atomic mass is 9.97. The number of rotatable bonds is 3. The molecule has 1 rings (SSSR count). The van der Waals surface area contributed by atoms with Gasteiger partial charge in [0.15, 0.2) is 5.78 Å². The van der Waals surface area contributed by atoms with Crippen LogP contribution in [0.5, 0.6) is 0 Å². The summed E-state index contributed by atoms with van der Waals surface area (Å²) in [6.45, 7) is 1.74. The minimum atomic E-state index is -0.285. The predicted molar refractivity (Wildman–Crippen MR) is 62.9 cm³/mol. The van der Waals surface area contributed by atoms with Crippen molar-refractivity contribution in [2.75, 3.05) is 0 Å². The molecule has 4 heteroatoms. The van der Waals surface area contributed by atoms with Crippen molar-refractivity contribution >= 4 is 33.3 Å². The van der Waals surface area contributed by atoms with Crippen LogP contribution < -0.4 is 0 Å². The third-order valence-corrected chi connectivity index (χ3v) is 3.28. The lowest BCUT2D eigenvalue weighted by Crippen LogP contribution is -2.10. The van der Waals surface area contributed by atoms with E-state index in [9.17, 15) is 4.79 Å². The number of ketones is 1. The van der Waals surface area contributed by atoms with Gasteiger partial charge in [0.2, 0.25) is 0 Å². The van der Waals surface area contributed by atoms with E-state index in [4.69, 9.17) is 16.9 Å². The van der Waals surface area contributed by atoms with Gasteiger partial charge in [0.1, 0.15) is 0 Å². The number of halogens is 2. The third-order valence-electron chi connectivity index (χ3n) is 2.05. The summed E-state index contributed by atoms with van der Waals surface area (Å²) >= 11 is 9.13. The molecule has 78 valence electrons. The van der Waals surface area contributed by atoms with E-state index in [1.54, 1.807) is 25.1 Å². The highest BCUT2D eigenvalue weighted by atomic mass is 79.9. The minimum Gasteiger partial charge on any atom is -0.294 e. The van der Waals surface area contributed by atoms with Crippen molar-refractivity contribution in [1.82, 2.24) is 0 Å². The van der Waals surface area contributed by atoms with Crippen LogP contribution in [0.4, 0.5) is 0 Å². The summed E-state index contributed by atoms with van der Waals surface area (Å²) in [5.41, 5.74) is 0.547. The molecular weight excluding hydrogens is 277 g/mol. The summed E-state index contributed by atoms with van der Waals surface area (Å²) in [5.74, 6) is -0.335. The Bertz CT molecular complexity index is 425. The second kappa shape index (κ2) is 5.29. The molecule has 0 saturated heterocycles. The number of nitriles is 1. The van der Waals surface area contributed by atoms with Gasteiger partial charge in [-0.25, -0.2) is 0 Å². The molecule has 0 heterocycles. The van der Waals surface area contributed by atoms with E-state index in [0.29, 0.717) is 10.6 Å². The Hall–Kier alpha value is -0.850. The van der Waals surface area contributed by atoms with Gasteiger partial charge < -0.3 is 0 Å². The van der Waals surface area contributed by atoms with Crippen molar-refractivity contribution in [3.05, 3.63) is 33.3 Å².